The van der Waals surface area contributed by atoms with Gasteiger partial charge in [0, 0.05) is 6.92 Å². The van der Waals surface area contributed by atoms with E-state index in [1.165, 1.54) is 50.1 Å². The number of aliphatic hydroxyl groups is 3. The molecule has 3 unspecified atom stereocenters. The molecule has 3 aromatic rings. The van der Waals surface area contributed by atoms with E-state index in [1.54, 1.807) is 107 Å². The molecule has 2 amide bonds. The van der Waals surface area contributed by atoms with Crippen molar-refractivity contribution < 1.29 is 94.0 Å². The molecule has 1 saturated heterocycles. The van der Waals surface area contributed by atoms with Crippen LogP contribution in [0.3, 0.4) is 0 Å². The molecule has 4 N–H and O–H groups in total. The molecular weight excluding hydrogens is 1200 g/mol. The van der Waals surface area contributed by atoms with Gasteiger partial charge in [-0.3, -0.25) is 4.79 Å². The third-order valence-corrected chi connectivity index (χ3v) is 20.7. The number of nitrogens with zero attached hydrogens (tertiary/aromatic N) is 1. The Kier molecular flexibility index (Phi) is 23.6. The molecule has 1 aliphatic heterocycles. The normalized spacial score (nSPS) is 27.4. The van der Waals surface area contributed by atoms with E-state index < -0.39 is 138 Å². The number of alkyl halides is 1. The molecule has 3 aliphatic carbocycles. The van der Waals surface area contributed by atoms with Crippen molar-refractivity contribution in [2.75, 3.05) is 20.2 Å². The molecule has 0 spiro atoms. The van der Waals surface area contributed by atoms with Crippen molar-refractivity contribution in [3.63, 3.8) is 0 Å². The zero-order valence-corrected chi connectivity index (χ0v) is 52.7. The van der Waals surface area contributed by atoms with Crippen LogP contribution in [0.15, 0.2) is 126 Å². The number of amides is 2. The fraction of sp³-hybridized carbons (Fsp3) is 0.552. The second kappa shape index (κ2) is 30.1. The summed E-state index contributed by atoms with van der Waals surface area (Å²) in [5.41, 5.74) is -6.30. The number of aliphatic hydroxyl groups excluding tert-OH is 2. The maximum absolute atomic E-state index is 15.6. The van der Waals surface area contributed by atoms with E-state index in [0.29, 0.717) is 24.1 Å². The van der Waals surface area contributed by atoms with Gasteiger partial charge in [0.25, 0.3) is 0 Å². The van der Waals surface area contributed by atoms with Crippen LogP contribution < -0.4 is 25.0 Å². The second-order valence-corrected chi connectivity index (χ2v) is 26.4. The van der Waals surface area contributed by atoms with Gasteiger partial charge < -0.3 is 0 Å². The summed E-state index contributed by atoms with van der Waals surface area (Å²) in [4.78, 5) is 86.6. The first-order valence-electron chi connectivity index (χ1n) is 30.1. The topological polar surface area (TPSA) is 234 Å². The van der Waals surface area contributed by atoms with Crippen molar-refractivity contribution in [2.45, 2.75) is 196 Å². The van der Waals surface area contributed by atoms with E-state index >= 15 is 4.79 Å². The van der Waals surface area contributed by atoms with Crippen LogP contribution in [-0.2, 0) is 42.8 Å². The van der Waals surface area contributed by atoms with Gasteiger partial charge in [-0.1, -0.05) is 62.3 Å². The van der Waals surface area contributed by atoms with Crippen molar-refractivity contribution >= 4 is 35.9 Å². The Labute approximate surface area is 511 Å². The summed E-state index contributed by atoms with van der Waals surface area (Å²) in [7, 11) is 1.59. The summed E-state index contributed by atoms with van der Waals surface area (Å²) < 4.78 is 39.9. The van der Waals surface area contributed by atoms with Crippen LogP contribution in [0, 0.1) is 16.7 Å². The third-order valence-electron chi connectivity index (χ3n) is 17.8. The Morgan fingerprint density at radius 2 is 1.35 bits per heavy atom. The summed E-state index contributed by atoms with van der Waals surface area (Å²) in [6.45, 7) is 11.0. The van der Waals surface area contributed by atoms with Crippen molar-refractivity contribution in [1.29, 1.82) is 0 Å². The van der Waals surface area contributed by atoms with E-state index in [0.717, 1.165) is 58.3 Å². The molecule has 4 aliphatic rings. The molecule has 1 heterocycles. The monoisotopic (exact) mass is 1290 g/mol. The summed E-state index contributed by atoms with van der Waals surface area (Å²) in [5.74, 6) is -5.43. The van der Waals surface area contributed by atoms with Crippen LogP contribution in [0.2, 0.25) is 0 Å². The predicted octanol–water partition coefficient (Wildman–Crippen LogP) is 7.42. The van der Waals surface area contributed by atoms with E-state index in [4.69, 9.17) is 28.4 Å². The Bertz CT molecular complexity index is 2850. The summed E-state index contributed by atoms with van der Waals surface area (Å²) in [5, 5.41) is 39.7. The summed E-state index contributed by atoms with van der Waals surface area (Å²) in [6.07, 6.45) is 9.08. The Balaban J connectivity index is 1.22. The molecule has 2 bridgehead atoms. The number of hydrogen-bond donors (Lipinski definition) is 4. The Morgan fingerprint density at radius 1 is 0.765 bits per heavy atom. The molecule has 17 nitrogen and oxygen atoms in total. The molecule has 2 saturated carbocycles. The molecule has 18 heteroatoms. The van der Waals surface area contributed by atoms with Gasteiger partial charge in [-0.15, -0.1) is 0 Å². The first kappa shape index (κ1) is 66.6. The molecule has 3 aromatic carbocycles. The average Bonchev–Trinajstić information content (AvgIpc) is 0.774. The fourth-order valence-electron chi connectivity index (χ4n) is 13.0. The Hall–Kier alpha value is -5.93. The molecule has 0 aromatic heterocycles. The average molecular weight is 1290 g/mol. The molecule has 464 valence electrons. The zero-order chi connectivity index (χ0) is 61.5. The number of esters is 4. The number of allylic oxidation sites excluding steroid dienone is 4. The number of hydrogen-bond acceptors (Lipinski definition) is 15. The minimum absolute atomic E-state index is 0.0892. The first-order valence-corrected chi connectivity index (χ1v) is 32.4. The fourth-order valence-corrected chi connectivity index (χ4v) is 15.5. The number of fused-ring (bicyclic) bond motifs is 5. The van der Waals surface area contributed by atoms with Crippen LogP contribution in [0.4, 0.5) is 4.79 Å². The third kappa shape index (κ3) is 15.3. The van der Waals surface area contributed by atoms with Gasteiger partial charge in [0.1, 0.15) is 0 Å². The second-order valence-electron chi connectivity index (χ2n) is 23.9. The van der Waals surface area contributed by atoms with E-state index in [9.17, 15) is 39.3 Å². The molecule has 85 heavy (non-hydrogen) atoms. The molecular formula is C67H88IN2O15-. The number of carbonyl (C=O) groups excluding carboxylic acids is 6. The molecule has 3 fully saturated rings. The van der Waals surface area contributed by atoms with Gasteiger partial charge in [-0.2, -0.15) is 0 Å². The van der Waals surface area contributed by atoms with Gasteiger partial charge in [0.15, 0.2) is 0 Å². The summed E-state index contributed by atoms with van der Waals surface area (Å²) in [6, 6.07) is 25.4. The van der Waals surface area contributed by atoms with Crippen LogP contribution in [0.5, 0.6) is 0 Å². The number of benzene rings is 3. The molecule has 12 atom stereocenters. The van der Waals surface area contributed by atoms with Crippen molar-refractivity contribution in [3.8, 4) is 0 Å². The van der Waals surface area contributed by atoms with Gasteiger partial charge in [-0.25, -0.2) is 0 Å². The van der Waals surface area contributed by atoms with E-state index in [-0.39, 0.29) is 29.7 Å². The van der Waals surface area contributed by atoms with Gasteiger partial charge >= 0.3 is 415 Å². The maximum atomic E-state index is 15.6. The standard InChI is InChI=1S/C67H88IN2O15/c1-9-10-11-12-13-14-15-16-17-18-19-20-21-22-23-33-40-70(8)63(78)83-56(54(47-34-27-24-28-35-47)68-69-60(75)48-36-29-25-30-37-48)62(77)82-50-42-67(79)59(84-61(76)49-38-31-26-32-39-49)57-65(7,51(73)41-52-66(57,43-80-52)85-46(4)72)58(74)55(81-45(3)71)53(44(50)2)64(67,5)6/h13-14,16-17,24-32,34-39,50-52,54-59,73-74,79H,9-12,15,18-23,33,40-43H2,1-8H3,(H,69,75)/q-1/b14-13-,17-16-/t50-,51-,52+,54?,55+,56+,57-,58?,59-,65+,66?,67+/m0/s1. The van der Waals surface area contributed by atoms with E-state index in [1.807, 2.05) is 0 Å². The quantitative estimate of drug-likeness (QED) is 0.0111. The van der Waals surface area contributed by atoms with Crippen molar-refractivity contribution in [2.24, 2.45) is 16.7 Å². The molecule has 7 rings (SSSR count). The SMILES string of the molecule is CCCCC/C=C\C/C=C\CCCCCCCCN(C)C(=O)O[C@@H](C(=O)O[C@H]1C[C@@]2(O)[C@@H](OC(=O)c3ccccc3)[C@@H]3C4(OC(C)=O)CO[C@@H]4C[C@H](O)[C@@]3(C)C(O)[C@H](OC(C)=O)C(=C1C)C2(C)C)C([I-]NC(=O)c1ccccc1)c1ccccc1. The van der Waals surface area contributed by atoms with Crippen LogP contribution in [0.25, 0.3) is 0 Å². The number of halogens is 1. The zero-order valence-electron chi connectivity index (χ0n) is 50.5. The van der Waals surface area contributed by atoms with Gasteiger partial charge in [0.05, 0.1) is 0 Å². The van der Waals surface area contributed by atoms with Gasteiger partial charge in [-0.05, 0) is 25.7 Å². The summed E-state index contributed by atoms with van der Waals surface area (Å²) >= 11 is -1.61. The number of nitrogens with one attached hydrogen (secondary N) is 1. The van der Waals surface area contributed by atoms with Crippen LogP contribution in [-0.4, -0.2) is 130 Å². The van der Waals surface area contributed by atoms with E-state index in [2.05, 4.69) is 34.8 Å². The van der Waals surface area contributed by atoms with Crippen LogP contribution in [0.1, 0.15) is 169 Å². The Morgan fingerprint density at radius 3 is 1.94 bits per heavy atom. The number of rotatable bonds is 27. The number of ether oxygens (including phenoxy) is 6. The van der Waals surface area contributed by atoms with Crippen molar-refractivity contribution in [1.82, 2.24) is 8.43 Å². The number of carbonyl (C=O) groups is 6. The predicted molar refractivity (Wildman–Crippen MR) is 315 cm³/mol. The van der Waals surface area contributed by atoms with Crippen LogP contribution >= 0.6 is 0 Å². The van der Waals surface area contributed by atoms with Gasteiger partial charge in [0.2, 0.25) is 0 Å². The van der Waals surface area contributed by atoms with Crippen molar-refractivity contribution in [3.05, 3.63) is 143 Å². The number of unbranched alkanes of at least 4 members (excludes halogenated alkanes) is 9. The molecule has 0 radical (unpaired) electrons. The minimum atomic E-state index is -2.39. The first-order chi connectivity index (χ1) is 40.6.